The van der Waals surface area contributed by atoms with Crippen LogP contribution in [-0.2, 0) is 9.53 Å². The number of aromatic nitrogens is 2. The minimum Gasteiger partial charge on any atom is -0.482 e. The zero-order valence-corrected chi connectivity index (χ0v) is 14.3. The van der Waals surface area contributed by atoms with Crippen LogP contribution in [0, 0.1) is 12.7 Å². The summed E-state index contributed by atoms with van der Waals surface area (Å²) in [6.45, 7) is 3.28. The standard InChI is InChI=1S/C19H17FN2O4/c1-12-5-3-4-6-16(12)24-11-17(23)25-13(2)18-21-22-19(26-18)14-7-9-15(20)10-8-14/h3-10,13H,11H2,1-2H3/t13-/m1/s1. The molecule has 3 aromatic rings. The lowest BCUT2D eigenvalue weighted by molar-refractivity contribution is -0.152. The van der Waals surface area contributed by atoms with E-state index in [-0.39, 0.29) is 24.2 Å². The Morgan fingerprint density at radius 1 is 1.15 bits per heavy atom. The van der Waals surface area contributed by atoms with Gasteiger partial charge < -0.3 is 13.9 Å². The molecule has 3 rings (SSSR count). The molecular formula is C19H17FN2O4. The smallest absolute Gasteiger partial charge is 0.344 e. The summed E-state index contributed by atoms with van der Waals surface area (Å²) in [5, 5.41) is 7.76. The van der Waals surface area contributed by atoms with Gasteiger partial charge in [0.25, 0.3) is 5.89 Å². The second-order valence-electron chi connectivity index (χ2n) is 5.64. The zero-order valence-electron chi connectivity index (χ0n) is 14.3. The van der Waals surface area contributed by atoms with Crippen LogP contribution in [0.25, 0.3) is 11.5 Å². The normalized spacial score (nSPS) is 11.8. The van der Waals surface area contributed by atoms with Crippen molar-refractivity contribution < 1.29 is 23.1 Å². The summed E-state index contributed by atoms with van der Waals surface area (Å²) in [5.74, 6) is 0.0767. The Morgan fingerprint density at radius 3 is 2.62 bits per heavy atom. The number of halogens is 1. The molecule has 0 radical (unpaired) electrons. The van der Waals surface area contributed by atoms with E-state index in [1.54, 1.807) is 13.0 Å². The average Bonchev–Trinajstić information content (AvgIpc) is 3.12. The maximum absolute atomic E-state index is 13.0. The van der Waals surface area contributed by atoms with Crippen molar-refractivity contribution in [3.05, 3.63) is 65.8 Å². The van der Waals surface area contributed by atoms with Crippen molar-refractivity contribution in [3.8, 4) is 17.2 Å². The molecule has 1 heterocycles. The van der Waals surface area contributed by atoms with Gasteiger partial charge in [-0.05, 0) is 49.7 Å². The van der Waals surface area contributed by atoms with Gasteiger partial charge in [0, 0.05) is 5.56 Å². The Labute approximate surface area is 149 Å². The SMILES string of the molecule is Cc1ccccc1OCC(=O)O[C@H](C)c1nnc(-c2ccc(F)cc2)o1. The first-order valence-electron chi connectivity index (χ1n) is 8.00. The molecule has 0 amide bonds. The van der Waals surface area contributed by atoms with E-state index in [1.807, 2.05) is 25.1 Å². The molecule has 0 saturated carbocycles. The second-order valence-corrected chi connectivity index (χ2v) is 5.64. The summed E-state index contributed by atoms with van der Waals surface area (Å²) in [4.78, 5) is 11.9. The number of aryl methyl sites for hydroxylation is 1. The molecule has 0 aliphatic carbocycles. The minimum absolute atomic E-state index is 0.147. The molecule has 1 aromatic heterocycles. The van der Waals surface area contributed by atoms with Gasteiger partial charge in [-0.3, -0.25) is 0 Å². The van der Waals surface area contributed by atoms with Gasteiger partial charge in [0.15, 0.2) is 12.7 Å². The summed E-state index contributed by atoms with van der Waals surface area (Å²) < 4.78 is 29.1. The number of nitrogens with zero attached hydrogens (tertiary/aromatic N) is 2. The molecule has 26 heavy (non-hydrogen) atoms. The van der Waals surface area contributed by atoms with Crippen LogP contribution in [0.3, 0.4) is 0 Å². The van der Waals surface area contributed by atoms with E-state index in [4.69, 9.17) is 13.9 Å². The third-order valence-corrected chi connectivity index (χ3v) is 3.63. The number of carbonyl (C=O) groups is 1. The number of esters is 1. The van der Waals surface area contributed by atoms with Crippen LogP contribution in [0.15, 0.2) is 52.9 Å². The van der Waals surface area contributed by atoms with Crippen molar-refractivity contribution in [1.82, 2.24) is 10.2 Å². The largest absolute Gasteiger partial charge is 0.482 e. The maximum atomic E-state index is 13.0. The predicted molar refractivity (Wildman–Crippen MR) is 90.9 cm³/mol. The van der Waals surface area contributed by atoms with E-state index in [1.165, 1.54) is 24.3 Å². The Morgan fingerprint density at radius 2 is 1.88 bits per heavy atom. The molecule has 134 valence electrons. The van der Waals surface area contributed by atoms with E-state index >= 15 is 0 Å². The first-order chi connectivity index (χ1) is 12.5. The van der Waals surface area contributed by atoms with Gasteiger partial charge in [0.05, 0.1) is 0 Å². The topological polar surface area (TPSA) is 74.5 Å². The molecule has 7 heteroatoms. The fraction of sp³-hybridized carbons (Fsp3) is 0.211. The van der Waals surface area contributed by atoms with E-state index in [9.17, 15) is 9.18 Å². The van der Waals surface area contributed by atoms with Crippen molar-refractivity contribution in [3.63, 3.8) is 0 Å². The Kier molecular flexibility index (Phi) is 5.26. The highest BCUT2D eigenvalue weighted by Gasteiger charge is 2.19. The van der Waals surface area contributed by atoms with Gasteiger partial charge in [0.2, 0.25) is 5.89 Å². The van der Waals surface area contributed by atoms with Gasteiger partial charge >= 0.3 is 5.97 Å². The highest BCUT2D eigenvalue weighted by molar-refractivity contribution is 5.71. The van der Waals surface area contributed by atoms with Crippen LogP contribution in [0.5, 0.6) is 5.75 Å². The lowest BCUT2D eigenvalue weighted by atomic mass is 10.2. The summed E-state index contributed by atoms with van der Waals surface area (Å²) >= 11 is 0. The molecule has 2 aromatic carbocycles. The second kappa shape index (κ2) is 7.77. The summed E-state index contributed by atoms with van der Waals surface area (Å²) in [6, 6.07) is 13.0. The average molecular weight is 356 g/mol. The van der Waals surface area contributed by atoms with Crippen molar-refractivity contribution in [2.75, 3.05) is 6.61 Å². The van der Waals surface area contributed by atoms with Gasteiger partial charge in [-0.25, -0.2) is 9.18 Å². The van der Waals surface area contributed by atoms with Crippen LogP contribution >= 0.6 is 0 Å². The Balaban J connectivity index is 1.58. The molecule has 0 spiro atoms. The molecule has 0 N–H and O–H groups in total. The molecule has 1 atom stereocenters. The van der Waals surface area contributed by atoms with E-state index < -0.39 is 12.1 Å². The van der Waals surface area contributed by atoms with Gasteiger partial charge in [0.1, 0.15) is 11.6 Å². The van der Waals surface area contributed by atoms with Crippen molar-refractivity contribution in [2.24, 2.45) is 0 Å². The van der Waals surface area contributed by atoms with Crippen LogP contribution in [0.4, 0.5) is 4.39 Å². The van der Waals surface area contributed by atoms with Crippen LogP contribution in [0.2, 0.25) is 0 Å². The Hall–Kier alpha value is -3.22. The summed E-state index contributed by atoms with van der Waals surface area (Å²) in [5.41, 5.74) is 1.50. The number of carbonyl (C=O) groups excluding carboxylic acids is 1. The summed E-state index contributed by atoms with van der Waals surface area (Å²) in [7, 11) is 0. The number of ether oxygens (including phenoxy) is 2. The lowest BCUT2D eigenvalue weighted by Gasteiger charge is -2.11. The van der Waals surface area contributed by atoms with E-state index in [0.29, 0.717) is 11.3 Å². The number of rotatable bonds is 6. The monoisotopic (exact) mass is 356 g/mol. The predicted octanol–water partition coefficient (Wildman–Crippen LogP) is 3.87. The molecule has 0 saturated heterocycles. The van der Waals surface area contributed by atoms with Gasteiger partial charge in [-0.2, -0.15) is 0 Å². The molecule has 0 fully saturated rings. The highest BCUT2D eigenvalue weighted by atomic mass is 19.1. The minimum atomic E-state index is -0.732. The van der Waals surface area contributed by atoms with E-state index in [0.717, 1.165) is 5.56 Å². The third kappa shape index (κ3) is 4.24. The Bertz CT molecular complexity index is 893. The molecule has 0 aliphatic heterocycles. The molecular weight excluding hydrogens is 339 g/mol. The molecule has 0 unspecified atom stereocenters. The highest BCUT2D eigenvalue weighted by Crippen LogP contribution is 2.23. The number of para-hydroxylation sites is 1. The zero-order chi connectivity index (χ0) is 18.5. The van der Waals surface area contributed by atoms with Gasteiger partial charge in [-0.1, -0.05) is 18.2 Å². The number of hydrogen-bond donors (Lipinski definition) is 0. The molecule has 0 bridgehead atoms. The van der Waals surface area contributed by atoms with Gasteiger partial charge in [-0.15, -0.1) is 10.2 Å². The fourth-order valence-electron chi connectivity index (χ4n) is 2.24. The third-order valence-electron chi connectivity index (χ3n) is 3.63. The van der Waals surface area contributed by atoms with Crippen LogP contribution in [-0.4, -0.2) is 22.8 Å². The lowest BCUT2D eigenvalue weighted by Crippen LogP contribution is -2.17. The molecule has 6 nitrogen and oxygen atoms in total. The van der Waals surface area contributed by atoms with E-state index in [2.05, 4.69) is 10.2 Å². The van der Waals surface area contributed by atoms with Crippen molar-refractivity contribution >= 4 is 5.97 Å². The fourth-order valence-corrected chi connectivity index (χ4v) is 2.24. The first kappa shape index (κ1) is 17.6. The quantitative estimate of drug-likeness (QED) is 0.624. The summed E-state index contributed by atoms with van der Waals surface area (Å²) in [6.07, 6.45) is -0.732. The van der Waals surface area contributed by atoms with Crippen LogP contribution < -0.4 is 4.74 Å². The van der Waals surface area contributed by atoms with Crippen molar-refractivity contribution in [1.29, 1.82) is 0 Å². The van der Waals surface area contributed by atoms with Crippen molar-refractivity contribution in [2.45, 2.75) is 20.0 Å². The van der Waals surface area contributed by atoms with Crippen LogP contribution in [0.1, 0.15) is 24.5 Å². The molecule has 0 aliphatic rings. The number of hydrogen-bond acceptors (Lipinski definition) is 6. The first-order valence-corrected chi connectivity index (χ1v) is 8.00. The maximum Gasteiger partial charge on any atom is 0.344 e. The number of benzene rings is 2.